The molecule has 0 aliphatic rings. The summed E-state index contributed by atoms with van der Waals surface area (Å²) in [7, 11) is 0. The molecule has 1 amide bonds. The van der Waals surface area contributed by atoms with E-state index in [-0.39, 0.29) is 11.5 Å². The van der Waals surface area contributed by atoms with Crippen LogP contribution in [0.25, 0.3) is 0 Å². The first kappa shape index (κ1) is 23.9. The monoisotopic (exact) mass is 557 g/mol. The largest absolute Gasteiger partial charge is 0.436 e. The van der Waals surface area contributed by atoms with E-state index in [4.69, 9.17) is 34.8 Å². The van der Waals surface area contributed by atoms with E-state index in [1.165, 1.54) is 18.5 Å². The summed E-state index contributed by atoms with van der Waals surface area (Å²) in [6.45, 7) is 3.07. The number of nitrogens with one attached hydrogen (secondary N) is 1. The average molecular weight is 560 g/mol. The van der Waals surface area contributed by atoms with Crippen LogP contribution in [0, 0.1) is 6.92 Å². The molecule has 13 heteroatoms. The highest BCUT2D eigenvalue weighted by atomic mass is 79.9. The second-order valence-electron chi connectivity index (χ2n) is 6.61. The van der Waals surface area contributed by atoms with Crippen LogP contribution < -0.4 is 5.32 Å². The number of carbonyl (C=O) groups excluding carboxylic acids is 1. The van der Waals surface area contributed by atoms with Gasteiger partial charge in [0.2, 0.25) is 5.91 Å². The topological polar surface area (TPSA) is 64.7 Å². The first-order valence-corrected chi connectivity index (χ1v) is 10.6. The van der Waals surface area contributed by atoms with Crippen molar-refractivity contribution in [1.29, 1.82) is 0 Å². The second kappa shape index (κ2) is 9.01. The number of alkyl halides is 3. The van der Waals surface area contributed by atoms with E-state index in [1.54, 1.807) is 24.4 Å². The fourth-order valence-electron chi connectivity index (χ4n) is 2.78. The van der Waals surface area contributed by atoms with Gasteiger partial charge in [0.1, 0.15) is 6.04 Å². The van der Waals surface area contributed by atoms with Crippen molar-refractivity contribution in [3.8, 4) is 0 Å². The van der Waals surface area contributed by atoms with Gasteiger partial charge in [0.05, 0.1) is 21.7 Å². The Morgan fingerprint density at radius 3 is 2.52 bits per heavy atom. The fourth-order valence-corrected chi connectivity index (χ4v) is 3.89. The van der Waals surface area contributed by atoms with Crippen molar-refractivity contribution in [3.63, 3.8) is 0 Å². The quantitative estimate of drug-likeness (QED) is 0.395. The van der Waals surface area contributed by atoms with Crippen LogP contribution in [0.2, 0.25) is 15.1 Å². The van der Waals surface area contributed by atoms with Crippen LogP contribution in [-0.2, 0) is 17.5 Å². The van der Waals surface area contributed by atoms with Crippen LogP contribution in [0.15, 0.2) is 28.9 Å². The van der Waals surface area contributed by atoms with Gasteiger partial charge in [-0.15, -0.1) is 0 Å². The summed E-state index contributed by atoms with van der Waals surface area (Å²) in [5.74, 6) is -0.430. The summed E-state index contributed by atoms with van der Waals surface area (Å²) >= 11 is 21.1. The smallest absolute Gasteiger partial charge is 0.306 e. The molecular weight excluding hydrogens is 545 g/mol. The number of anilines is 1. The number of rotatable bonds is 5. The summed E-state index contributed by atoms with van der Waals surface area (Å²) in [6, 6.07) is 3.98. The number of amides is 1. The highest BCUT2D eigenvalue weighted by Crippen LogP contribution is 2.36. The Labute approximate surface area is 198 Å². The van der Waals surface area contributed by atoms with Crippen molar-refractivity contribution in [1.82, 2.24) is 19.6 Å². The van der Waals surface area contributed by atoms with Crippen LogP contribution >= 0.6 is 50.7 Å². The third-order valence-corrected chi connectivity index (χ3v) is 6.02. The number of hydrogen-bond donors (Lipinski definition) is 1. The fraction of sp³-hybridized carbons (Fsp3) is 0.278. The maximum atomic E-state index is 13.0. The number of nitrogens with zero attached hydrogens (tertiary/aromatic N) is 4. The van der Waals surface area contributed by atoms with Crippen LogP contribution in [0.4, 0.5) is 19.0 Å². The molecule has 6 nitrogen and oxygen atoms in total. The van der Waals surface area contributed by atoms with Crippen molar-refractivity contribution >= 4 is 62.5 Å². The van der Waals surface area contributed by atoms with Gasteiger partial charge in [0.25, 0.3) is 0 Å². The van der Waals surface area contributed by atoms with E-state index >= 15 is 0 Å². The third kappa shape index (κ3) is 5.19. The van der Waals surface area contributed by atoms with E-state index in [0.29, 0.717) is 21.1 Å². The molecular formula is C18H14BrCl3F3N5O. The third-order valence-electron chi connectivity index (χ3n) is 4.40. The number of benzene rings is 1. The molecule has 31 heavy (non-hydrogen) atoms. The number of hydrogen-bond acceptors (Lipinski definition) is 3. The van der Waals surface area contributed by atoms with Crippen molar-refractivity contribution in [2.45, 2.75) is 32.6 Å². The predicted octanol–water partition coefficient (Wildman–Crippen LogP) is 6.38. The van der Waals surface area contributed by atoms with Gasteiger partial charge in [-0.3, -0.25) is 14.2 Å². The van der Waals surface area contributed by atoms with E-state index < -0.39 is 28.8 Å². The summed E-state index contributed by atoms with van der Waals surface area (Å²) in [4.78, 5) is 12.6. The zero-order chi connectivity index (χ0) is 23.1. The normalized spacial score (nSPS) is 12.8. The molecule has 0 radical (unpaired) electrons. The van der Waals surface area contributed by atoms with Gasteiger partial charge in [-0.1, -0.05) is 40.9 Å². The van der Waals surface area contributed by atoms with Gasteiger partial charge in [-0.2, -0.15) is 23.4 Å². The highest BCUT2D eigenvalue weighted by Gasteiger charge is 2.39. The van der Waals surface area contributed by atoms with E-state index in [9.17, 15) is 18.0 Å². The molecule has 1 aromatic carbocycles. The molecule has 0 spiro atoms. The minimum absolute atomic E-state index is 0.0265. The first-order chi connectivity index (χ1) is 14.4. The van der Waals surface area contributed by atoms with Crippen molar-refractivity contribution in [3.05, 3.63) is 60.9 Å². The van der Waals surface area contributed by atoms with Gasteiger partial charge >= 0.3 is 6.18 Å². The number of aromatic nitrogens is 4. The zero-order valence-corrected chi connectivity index (χ0v) is 19.8. The summed E-state index contributed by atoms with van der Waals surface area (Å²) in [6.07, 6.45) is -3.10. The SMILES string of the molecule is Cc1c(Cl)c(C(F)(F)F)nn1C(C)C(=O)Nc1nn(Cc2ccc(Cl)cc2Cl)cc1Br. The van der Waals surface area contributed by atoms with E-state index in [0.717, 1.165) is 10.2 Å². The van der Waals surface area contributed by atoms with E-state index in [2.05, 4.69) is 31.4 Å². The Morgan fingerprint density at radius 1 is 1.26 bits per heavy atom. The Hall–Kier alpha value is -1.75. The Balaban J connectivity index is 1.78. The Bertz CT molecular complexity index is 1150. The Kier molecular flexibility index (Phi) is 6.95. The summed E-state index contributed by atoms with van der Waals surface area (Å²) in [5.41, 5.74) is -0.455. The van der Waals surface area contributed by atoms with Crippen molar-refractivity contribution in [2.24, 2.45) is 0 Å². The molecule has 1 N–H and O–H groups in total. The zero-order valence-electron chi connectivity index (χ0n) is 15.9. The van der Waals surface area contributed by atoms with Crippen LogP contribution in [0.1, 0.15) is 29.9 Å². The molecule has 2 aromatic heterocycles. The molecule has 0 fully saturated rings. The van der Waals surface area contributed by atoms with Crippen molar-refractivity contribution < 1.29 is 18.0 Å². The van der Waals surface area contributed by atoms with Gasteiger partial charge < -0.3 is 5.32 Å². The first-order valence-electron chi connectivity index (χ1n) is 8.68. The van der Waals surface area contributed by atoms with Gasteiger partial charge in [-0.25, -0.2) is 0 Å². The lowest BCUT2D eigenvalue weighted by atomic mass is 10.2. The molecule has 0 aliphatic carbocycles. The summed E-state index contributed by atoms with van der Waals surface area (Å²) in [5, 5.41) is 10.8. The van der Waals surface area contributed by atoms with Gasteiger partial charge in [0.15, 0.2) is 11.5 Å². The predicted molar refractivity (Wildman–Crippen MR) is 116 cm³/mol. The van der Waals surface area contributed by atoms with Crippen LogP contribution in [-0.4, -0.2) is 25.5 Å². The minimum Gasteiger partial charge on any atom is -0.306 e. The molecule has 166 valence electrons. The average Bonchev–Trinajstić information content (AvgIpc) is 3.16. The maximum absolute atomic E-state index is 13.0. The van der Waals surface area contributed by atoms with E-state index in [1.807, 2.05) is 0 Å². The molecule has 0 saturated carbocycles. The lowest BCUT2D eigenvalue weighted by Crippen LogP contribution is -2.26. The highest BCUT2D eigenvalue weighted by molar-refractivity contribution is 9.10. The van der Waals surface area contributed by atoms with Gasteiger partial charge in [-0.05, 0) is 47.5 Å². The molecule has 3 rings (SSSR count). The van der Waals surface area contributed by atoms with Crippen LogP contribution in [0.3, 0.4) is 0 Å². The molecule has 0 aliphatic heterocycles. The van der Waals surface area contributed by atoms with Crippen LogP contribution in [0.5, 0.6) is 0 Å². The molecule has 1 unspecified atom stereocenters. The number of halogens is 7. The minimum atomic E-state index is -4.73. The van der Waals surface area contributed by atoms with Crippen molar-refractivity contribution in [2.75, 3.05) is 5.32 Å². The standard InChI is InChI=1S/C18H14BrCl3F3N5O/c1-8-14(22)15(18(23,24)25)27-30(8)9(2)17(31)26-16-12(19)7-29(28-16)6-10-3-4-11(20)5-13(10)21/h3-5,7,9H,6H2,1-2H3,(H,26,28,31). The molecule has 0 bridgehead atoms. The second-order valence-corrected chi connectivity index (χ2v) is 8.69. The molecule has 2 heterocycles. The molecule has 3 aromatic rings. The number of carbonyl (C=O) groups is 1. The summed E-state index contributed by atoms with van der Waals surface area (Å²) < 4.78 is 42.1. The lowest BCUT2D eigenvalue weighted by Gasteiger charge is -2.13. The molecule has 1 atom stereocenters. The lowest BCUT2D eigenvalue weighted by molar-refractivity contribution is -0.141. The Morgan fingerprint density at radius 2 is 1.94 bits per heavy atom. The molecule has 0 saturated heterocycles. The van der Waals surface area contributed by atoms with Gasteiger partial charge in [0, 0.05) is 16.2 Å². The maximum Gasteiger partial charge on any atom is 0.436 e.